The third-order valence-electron chi connectivity index (χ3n) is 5.39. The lowest BCUT2D eigenvalue weighted by atomic mass is 9.85. The summed E-state index contributed by atoms with van der Waals surface area (Å²) in [6.07, 6.45) is 2.15. The fourth-order valence-electron chi connectivity index (χ4n) is 4.13. The Labute approximate surface area is 154 Å². The van der Waals surface area contributed by atoms with Crippen molar-refractivity contribution in [3.05, 3.63) is 70.7 Å². The highest BCUT2D eigenvalue weighted by atomic mass is 35.5. The van der Waals surface area contributed by atoms with E-state index in [1.54, 1.807) is 0 Å². The predicted molar refractivity (Wildman–Crippen MR) is 100 cm³/mol. The van der Waals surface area contributed by atoms with Gasteiger partial charge < -0.3 is 4.90 Å². The number of piperidine rings is 2. The van der Waals surface area contributed by atoms with Crippen LogP contribution >= 0.6 is 11.6 Å². The lowest BCUT2D eigenvalue weighted by Crippen LogP contribution is -2.58. The van der Waals surface area contributed by atoms with Crippen LogP contribution in [0.1, 0.15) is 24.0 Å². The number of carbonyl (C=O) groups is 1. The number of rotatable bonds is 4. The van der Waals surface area contributed by atoms with Crippen LogP contribution in [0.4, 0.5) is 0 Å². The number of hydrogen-bond acceptors (Lipinski definition) is 2. The molecule has 2 bridgehead atoms. The van der Waals surface area contributed by atoms with Crippen LogP contribution < -0.4 is 0 Å². The second-order valence-electron chi connectivity index (χ2n) is 7.21. The molecule has 2 aliphatic heterocycles. The standard InChI is InChI=1S/C21H23ClN2O/c22-19-8-4-7-17(11-19)14-23-10-9-18-12-20(23)21(25)24(15-18)13-16-5-2-1-3-6-16/h1-8,11,18,20H,9-10,12-15H2/t18-,20+/m0/s1. The number of carbonyl (C=O) groups excluding carboxylic acids is 1. The molecule has 25 heavy (non-hydrogen) atoms. The molecule has 0 unspecified atom stereocenters. The summed E-state index contributed by atoms with van der Waals surface area (Å²) in [6, 6.07) is 18.3. The largest absolute Gasteiger partial charge is 0.337 e. The summed E-state index contributed by atoms with van der Waals surface area (Å²) in [5.74, 6) is 0.906. The van der Waals surface area contributed by atoms with Crippen molar-refractivity contribution in [2.45, 2.75) is 32.0 Å². The van der Waals surface area contributed by atoms with Crippen LogP contribution in [0.5, 0.6) is 0 Å². The van der Waals surface area contributed by atoms with Crippen molar-refractivity contribution in [2.24, 2.45) is 5.92 Å². The molecular weight excluding hydrogens is 332 g/mol. The maximum atomic E-state index is 13.1. The molecule has 2 saturated heterocycles. The van der Waals surface area contributed by atoms with Crippen molar-refractivity contribution in [3.63, 3.8) is 0 Å². The second-order valence-corrected chi connectivity index (χ2v) is 7.65. The number of fused-ring (bicyclic) bond motifs is 2. The number of halogens is 1. The average molecular weight is 355 g/mol. The summed E-state index contributed by atoms with van der Waals surface area (Å²) >= 11 is 6.12. The first kappa shape index (κ1) is 16.6. The van der Waals surface area contributed by atoms with Crippen LogP contribution in [0.2, 0.25) is 5.02 Å². The number of nitrogens with zero attached hydrogens (tertiary/aromatic N) is 2. The van der Waals surface area contributed by atoms with Gasteiger partial charge in [-0.25, -0.2) is 0 Å². The maximum absolute atomic E-state index is 13.1. The third-order valence-corrected chi connectivity index (χ3v) is 5.62. The van der Waals surface area contributed by atoms with E-state index in [4.69, 9.17) is 11.6 Å². The van der Waals surface area contributed by atoms with Gasteiger partial charge in [0.2, 0.25) is 5.91 Å². The smallest absolute Gasteiger partial charge is 0.240 e. The van der Waals surface area contributed by atoms with E-state index in [1.165, 1.54) is 11.1 Å². The SMILES string of the molecule is O=C1[C@H]2C[C@H](CCN2Cc2cccc(Cl)c2)CN1Cc1ccccc1. The molecule has 0 radical (unpaired) electrons. The quantitative estimate of drug-likeness (QED) is 0.829. The van der Waals surface area contributed by atoms with Gasteiger partial charge in [0.25, 0.3) is 0 Å². The van der Waals surface area contributed by atoms with E-state index in [9.17, 15) is 4.79 Å². The van der Waals surface area contributed by atoms with Gasteiger partial charge in [-0.2, -0.15) is 0 Å². The Kier molecular flexibility index (Phi) is 4.78. The molecule has 0 aliphatic carbocycles. The Morgan fingerprint density at radius 3 is 2.60 bits per heavy atom. The molecule has 2 aromatic carbocycles. The van der Waals surface area contributed by atoms with E-state index >= 15 is 0 Å². The zero-order chi connectivity index (χ0) is 17.2. The number of likely N-dealkylation sites (tertiary alicyclic amines) is 2. The van der Waals surface area contributed by atoms with Gasteiger partial charge in [0.05, 0.1) is 6.04 Å². The van der Waals surface area contributed by atoms with E-state index in [1.807, 2.05) is 36.4 Å². The Hall–Kier alpha value is -1.84. The average Bonchev–Trinajstić information content (AvgIpc) is 2.62. The van der Waals surface area contributed by atoms with Gasteiger partial charge in [0, 0.05) is 24.7 Å². The highest BCUT2D eigenvalue weighted by Gasteiger charge is 2.40. The molecule has 0 aromatic heterocycles. The van der Waals surface area contributed by atoms with Crippen LogP contribution in [0, 0.1) is 5.92 Å². The van der Waals surface area contributed by atoms with Crippen molar-refractivity contribution in [1.82, 2.24) is 9.80 Å². The first-order valence-corrected chi connectivity index (χ1v) is 9.38. The zero-order valence-electron chi connectivity index (χ0n) is 14.3. The van der Waals surface area contributed by atoms with Crippen molar-refractivity contribution in [3.8, 4) is 0 Å². The van der Waals surface area contributed by atoms with E-state index in [0.717, 1.165) is 44.0 Å². The molecule has 130 valence electrons. The number of benzene rings is 2. The van der Waals surface area contributed by atoms with Gasteiger partial charge in [0.15, 0.2) is 0 Å². The Bertz CT molecular complexity index is 749. The monoisotopic (exact) mass is 354 g/mol. The Balaban J connectivity index is 1.49. The topological polar surface area (TPSA) is 23.6 Å². The Morgan fingerprint density at radius 2 is 1.80 bits per heavy atom. The van der Waals surface area contributed by atoms with Crippen LogP contribution in [0.3, 0.4) is 0 Å². The molecule has 3 nitrogen and oxygen atoms in total. The first-order valence-electron chi connectivity index (χ1n) is 9.00. The molecule has 0 N–H and O–H groups in total. The molecule has 2 heterocycles. The molecule has 2 atom stereocenters. The fourth-order valence-corrected chi connectivity index (χ4v) is 4.34. The molecule has 1 amide bonds. The minimum Gasteiger partial charge on any atom is -0.337 e. The normalized spacial score (nSPS) is 23.7. The highest BCUT2D eigenvalue weighted by molar-refractivity contribution is 6.30. The van der Waals surface area contributed by atoms with Gasteiger partial charge in [-0.1, -0.05) is 54.1 Å². The summed E-state index contributed by atoms with van der Waals surface area (Å²) in [5, 5.41) is 0.757. The van der Waals surface area contributed by atoms with Gasteiger partial charge >= 0.3 is 0 Å². The lowest BCUT2D eigenvalue weighted by Gasteiger charge is -2.46. The van der Waals surface area contributed by atoms with Crippen LogP contribution in [-0.2, 0) is 17.9 Å². The van der Waals surface area contributed by atoms with Gasteiger partial charge in [-0.05, 0) is 48.6 Å². The Morgan fingerprint density at radius 1 is 1.00 bits per heavy atom. The minimum atomic E-state index is 0.00944. The van der Waals surface area contributed by atoms with E-state index < -0.39 is 0 Å². The number of amides is 1. The van der Waals surface area contributed by atoms with Crippen LogP contribution in [-0.4, -0.2) is 34.8 Å². The summed E-state index contributed by atoms with van der Waals surface area (Å²) in [7, 11) is 0. The molecule has 2 aromatic rings. The van der Waals surface area contributed by atoms with E-state index in [2.05, 4.69) is 28.0 Å². The molecule has 0 saturated carbocycles. The predicted octanol–water partition coefficient (Wildman–Crippen LogP) is 3.96. The second kappa shape index (κ2) is 7.19. The summed E-state index contributed by atoms with van der Waals surface area (Å²) < 4.78 is 0. The van der Waals surface area contributed by atoms with Crippen LogP contribution in [0.25, 0.3) is 0 Å². The third kappa shape index (κ3) is 3.73. The van der Waals surface area contributed by atoms with Crippen molar-refractivity contribution in [1.29, 1.82) is 0 Å². The molecule has 0 spiro atoms. The van der Waals surface area contributed by atoms with E-state index in [0.29, 0.717) is 5.92 Å². The van der Waals surface area contributed by atoms with Gasteiger partial charge in [-0.3, -0.25) is 9.69 Å². The molecule has 4 heteroatoms. The van der Waals surface area contributed by atoms with Crippen molar-refractivity contribution >= 4 is 17.5 Å². The van der Waals surface area contributed by atoms with E-state index in [-0.39, 0.29) is 11.9 Å². The fraction of sp³-hybridized carbons (Fsp3) is 0.381. The van der Waals surface area contributed by atoms with Gasteiger partial charge in [-0.15, -0.1) is 0 Å². The van der Waals surface area contributed by atoms with Crippen molar-refractivity contribution in [2.75, 3.05) is 13.1 Å². The highest BCUT2D eigenvalue weighted by Crippen LogP contribution is 2.32. The lowest BCUT2D eigenvalue weighted by molar-refractivity contribution is -0.146. The van der Waals surface area contributed by atoms with Crippen molar-refractivity contribution < 1.29 is 4.79 Å². The summed E-state index contributed by atoms with van der Waals surface area (Å²) in [5.41, 5.74) is 2.39. The zero-order valence-corrected chi connectivity index (χ0v) is 15.0. The summed E-state index contributed by atoms with van der Waals surface area (Å²) in [4.78, 5) is 17.5. The van der Waals surface area contributed by atoms with Crippen LogP contribution in [0.15, 0.2) is 54.6 Å². The number of hydrogen-bond donors (Lipinski definition) is 0. The maximum Gasteiger partial charge on any atom is 0.240 e. The minimum absolute atomic E-state index is 0.00944. The molecular formula is C21H23ClN2O. The molecule has 2 fully saturated rings. The first-order chi connectivity index (χ1) is 12.2. The summed E-state index contributed by atoms with van der Waals surface area (Å²) in [6.45, 7) is 3.41. The molecule has 2 aliphatic rings. The molecule has 4 rings (SSSR count). The van der Waals surface area contributed by atoms with Gasteiger partial charge in [0.1, 0.15) is 0 Å².